The van der Waals surface area contributed by atoms with Gasteiger partial charge in [0.2, 0.25) is 5.89 Å². The highest BCUT2D eigenvalue weighted by atomic mass is 32.1. The summed E-state index contributed by atoms with van der Waals surface area (Å²) >= 11 is 1.25. The van der Waals surface area contributed by atoms with Gasteiger partial charge < -0.3 is 9.73 Å². The van der Waals surface area contributed by atoms with Crippen molar-refractivity contribution < 1.29 is 4.42 Å². The van der Waals surface area contributed by atoms with Crippen molar-refractivity contribution in [3.63, 3.8) is 0 Å². The summed E-state index contributed by atoms with van der Waals surface area (Å²) < 4.78 is 9.22. The number of nitrogens with zero attached hydrogens (tertiary/aromatic N) is 4. The van der Waals surface area contributed by atoms with Crippen LogP contribution in [0, 0.1) is 0 Å². The molecule has 0 bridgehead atoms. The van der Waals surface area contributed by atoms with E-state index in [1.54, 1.807) is 6.20 Å². The second kappa shape index (κ2) is 5.13. The quantitative estimate of drug-likeness (QED) is 0.842. The second-order valence-electron chi connectivity index (χ2n) is 3.64. The molecule has 0 aromatic carbocycles. The molecule has 0 fully saturated rings. The SMILES string of the molecule is CC(C)NCCc1nnc(-c2cnns2)o1. The molecule has 7 heteroatoms. The molecule has 0 aliphatic carbocycles. The van der Waals surface area contributed by atoms with Crippen molar-refractivity contribution in [3.8, 4) is 10.8 Å². The maximum atomic E-state index is 5.48. The van der Waals surface area contributed by atoms with Crippen molar-refractivity contribution in [2.75, 3.05) is 6.54 Å². The summed E-state index contributed by atoms with van der Waals surface area (Å²) in [4.78, 5) is 0.801. The molecule has 2 heterocycles. The Bertz CT molecular complexity index is 425. The molecule has 0 aliphatic heterocycles. The lowest BCUT2D eigenvalue weighted by atomic mass is 10.3. The maximum absolute atomic E-state index is 5.48. The monoisotopic (exact) mass is 239 g/mol. The van der Waals surface area contributed by atoms with Gasteiger partial charge in [-0.2, -0.15) is 0 Å². The van der Waals surface area contributed by atoms with Crippen LogP contribution >= 0.6 is 11.5 Å². The molecule has 0 amide bonds. The average Bonchev–Trinajstić information content (AvgIpc) is 2.85. The zero-order valence-electron chi connectivity index (χ0n) is 9.17. The first-order chi connectivity index (χ1) is 7.75. The highest BCUT2D eigenvalue weighted by Gasteiger charge is 2.10. The highest BCUT2D eigenvalue weighted by molar-refractivity contribution is 7.09. The fourth-order valence-electron chi connectivity index (χ4n) is 1.18. The summed E-state index contributed by atoms with van der Waals surface area (Å²) in [6.07, 6.45) is 2.35. The molecule has 0 aliphatic rings. The molecule has 0 saturated heterocycles. The minimum atomic E-state index is 0.466. The standard InChI is InChI=1S/C9H13N5OS/c1-6(2)10-4-3-8-12-13-9(15-8)7-5-11-14-16-7/h5-6,10H,3-4H2,1-2H3. The van der Waals surface area contributed by atoms with E-state index in [-0.39, 0.29) is 0 Å². The summed E-state index contributed by atoms with van der Waals surface area (Å²) in [7, 11) is 0. The molecule has 0 atom stereocenters. The summed E-state index contributed by atoms with van der Waals surface area (Å²) in [6, 6.07) is 0.466. The number of aromatic nitrogens is 4. The van der Waals surface area contributed by atoms with Gasteiger partial charge in [0.15, 0.2) is 0 Å². The Balaban J connectivity index is 1.93. The van der Waals surface area contributed by atoms with Gasteiger partial charge in [0.05, 0.1) is 6.20 Å². The van der Waals surface area contributed by atoms with Crippen molar-refractivity contribution in [2.45, 2.75) is 26.3 Å². The second-order valence-corrected chi connectivity index (χ2v) is 4.43. The maximum Gasteiger partial charge on any atom is 0.261 e. The van der Waals surface area contributed by atoms with Gasteiger partial charge in [-0.1, -0.05) is 18.3 Å². The topological polar surface area (TPSA) is 76.7 Å². The van der Waals surface area contributed by atoms with Gasteiger partial charge in [-0.15, -0.1) is 15.3 Å². The van der Waals surface area contributed by atoms with Crippen LogP contribution in [0.5, 0.6) is 0 Å². The number of nitrogens with one attached hydrogen (secondary N) is 1. The lowest BCUT2D eigenvalue weighted by Crippen LogP contribution is -2.25. The Labute approximate surface area is 97.3 Å². The molecule has 2 aromatic heterocycles. The molecular formula is C9H13N5OS. The van der Waals surface area contributed by atoms with E-state index in [9.17, 15) is 0 Å². The van der Waals surface area contributed by atoms with Gasteiger partial charge in [-0.25, -0.2) is 0 Å². The van der Waals surface area contributed by atoms with E-state index in [1.165, 1.54) is 11.5 Å². The van der Waals surface area contributed by atoms with Crippen LogP contribution in [0.15, 0.2) is 10.6 Å². The van der Waals surface area contributed by atoms with E-state index in [0.717, 1.165) is 17.8 Å². The Hall–Kier alpha value is -1.34. The Morgan fingerprint density at radius 1 is 1.44 bits per heavy atom. The highest BCUT2D eigenvalue weighted by Crippen LogP contribution is 2.19. The van der Waals surface area contributed by atoms with Crippen LogP contribution in [0.2, 0.25) is 0 Å². The first kappa shape index (κ1) is 11.2. The van der Waals surface area contributed by atoms with Gasteiger partial charge in [-0.05, 0) is 11.5 Å². The lowest BCUT2D eigenvalue weighted by molar-refractivity contribution is 0.485. The summed E-state index contributed by atoms with van der Waals surface area (Å²) in [5.74, 6) is 1.13. The Morgan fingerprint density at radius 3 is 3.00 bits per heavy atom. The number of rotatable bonds is 5. The normalized spacial score (nSPS) is 11.2. The third-order valence-electron chi connectivity index (χ3n) is 1.93. The van der Waals surface area contributed by atoms with Crippen molar-refractivity contribution in [3.05, 3.63) is 12.1 Å². The van der Waals surface area contributed by atoms with Crippen LogP contribution in [0.3, 0.4) is 0 Å². The molecule has 86 valence electrons. The van der Waals surface area contributed by atoms with E-state index in [1.807, 2.05) is 0 Å². The van der Waals surface area contributed by atoms with Crippen LogP contribution in [0.4, 0.5) is 0 Å². The molecule has 0 saturated carbocycles. The molecule has 0 spiro atoms. The van der Waals surface area contributed by atoms with Gasteiger partial charge in [0.1, 0.15) is 4.88 Å². The predicted octanol–water partition coefficient (Wildman–Crippen LogP) is 1.13. The molecule has 16 heavy (non-hydrogen) atoms. The largest absolute Gasteiger partial charge is 0.420 e. The van der Waals surface area contributed by atoms with Crippen LogP contribution < -0.4 is 5.32 Å². The lowest BCUT2D eigenvalue weighted by Gasteiger charge is -2.04. The number of hydrogen-bond acceptors (Lipinski definition) is 7. The van der Waals surface area contributed by atoms with E-state index in [4.69, 9.17) is 4.42 Å². The average molecular weight is 239 g/mol. The minimum absolute atomic E-state index is 0.466. The van der Waals surface area contributed by atoms with Crippen molar-refractivity contribution in [2.24, 2.45) is 0 Å². The fourth-order valence-corrected chi connectivity index (χ4v) is 1.62. The van der Waals surface area contributed by atoms with Gasteiger partial charge in [-0.3, -0.25) is 0 Å². The number of hydrogen-bond donors (Lipinski definition) is 1. The third kappa shape index (κ3) is 2.83. The van der Waals surface area contributed by atoms with Gasteiger partial charge in [0, 0.05) is 19.0 Å². The van der Waals surface area contributed by atoms with Crippen LogP contribution in [-0.2, 0) is 6.42 Å². The van der Waals surface area contributed by atoms with Gasteiger partial charge >= 0.3 is 0 Å². The fraction of sp³-hybridized carbons (Fsp3) is 0.556. The molecule has 2 rings (SSSR count). The Morgan fingerprint density at radius 2 is 2.31 bits per heavy atom. The van der Waals surface area contributed by atoms with Crippen LogP contribution in [-0.4, -0.2) is 32.4 Å². The molecule has 0 unspecified atom stereocenters. The summed E-state index contributed by atoms with van der Waals surface area (Å²) in [5, 5.41) is 14.9. The predicted molar refractivity (Wildman–Crippen MR) is 60.0 cm³/mol. The van der Waals surface area contributed by atoms with E-state index in [0.29, 0.717) is 17.8 Å². The molecular weight excluding hydrogens is 226 g/mol. The third-order valence-corrected chi connectivity index (χ3v) is 2.58. The minimum Gasteiger partial charge on any atom is -0.420 e. The van der Waals surface area contributed by atoms with Crippen molar-refractivity contribution >= 4 is 11.5 Å². The first-order valence-electron chi connectivity index (χ1n) is 5.09. The van der Waals surface area contributed by atoms with Gasteiger partial charge in [0.25, 0.3) is 5.89 Å². The van der Waals surface area contributed by atoms with Crippen LogP contribution in [0.25, 0.3) is 10.8 Å². The molecule has 6 nitrogen and oxygen atoms in total. The van der Waals surface area contributed by atoms with E-state index < -0.39 is 0 Å². The van der Waals surface area contributed by atoms with Crippen LogP contribution in [0.1, 0.15) is 19.7 Å². The first-order valence-corrected chi connectivity index (χ1v) is 5.86. The van der Waals surface area contributed by atoms with Crippen molar-refractivity contribution in [1.82, 2.24) is 25.1 Å². The zero-order chi connectivity index (χ0) is 11.4. The zero-order valence-corrected chi connectivity index (χ0v) is 9.99. The van der Waals surface area contributed by atoms with E-state index in [2.05, 4.69) is 38.9 Å². The Kier molecular flexibility index (Phi) is 3.58. The molecule has 2 aromatic rings. The smallest absolute Gasteiger partial charge is 0.261 e. The molecule has 0 radical (unpaired) electrons. The summed E-state index contributed by atoms with van der Waals surface area (Å²) in [5.41, 5.74) is 0. The summed E-state index contributed by atoms with van der Waals surface area (Å²) in [6.45, 7) is 5.03. The van der Waals surface area contributed by atoms with E-state index >= 15 is 0 Å². The van der Waals surface area contributed by atoms with Crippen molar-refractivity contribution in [1.29, 1.82) is 0 Å². The molecule has 1 N–H and O–H groups in total.